The third-order valence-corrected chi connectivity index (χ3v) is 8.97. The van der Waals surface area contributed by atoms with Crippen LogP contribution in [0, 0.1) is 17.3 Å². The molecular formula is C25H30O2S. The van der Waals surface area contributed by atoms with Crippen molar-refractivity contribution in [2.75, 3.05) is 5.75 Å². The predicted molar refractivity (Wildman–Crippen MR) is 115 cm³/mol. The maximum absolute atomic E-state index is 11.1. The van der Waals surface area contributed by atoms with Crippen LogP contribution < -0.4 is 0 Å². The van der Waals surface area contributed by atoms with Crippen molar-refractivity contribution in [3.8, 4) is 5.75 Å². The van der Waals surface area contributed by atoms with Gasteiger partial charge in [0.2, 0.25) is 0 Å². The molecule has 0 saturated heterocycles. The lowest BCUT2D eigenvalue weighted by atomic mass is 9.54. The number of benzene rings is 2. The summed E-state index contributed by atoms with van der Waals surface area (Å²) >= 11 is 1.94. The highest BCUT2D eigenvalue weighted by Gasteiger charge is 2.56. The molecule has 2 fully saturated rings. The summed E-state index contributed by atoms with van der Waals surface area (Å²) in [6.45, 7) is 0. The standard InChI is InChI=1S/C25H30O2S/c26-18-7-9-20-17(16-18)6-8-22-21(20)12-13-25(23(22)10-11-24(25)27)14-15-28-19-4-2-1-3-5-19/h1-5,7,9,16,21-24,26-27H,6,8,10-15H2/t21-,22-,23+,24?,25-/m1/s1. The third kappa shape index (κ3) is 3.07. The highest BCUT2D eigenvalue weighted by atomic mass is 32.2. The molecule has 0 aliphatic heterocycles. The summed E-state index contributed by atoms with van der Waals surface area (Å²) in [5, 5.41) is 20.9. The van der Waals surface area contributed by atoms with Crippen LogP contribution in [0.2, 0.25) is 0 Å². The van der Waals surface area contributed by atoms with Crippen LogP contribution in [0.4, 0.5) is 0 Å². The van der Waals surface area contributed by atoms with Gasteiger partial charge < -0.3 is 10.2 Å². The Bertz CT molecular complexity index is 836. The van der Waals surface area contributed by atoms with Crippen molar-refractivity contribution in [2.24, 2.45) is 17.3 Å². The summed E-state index contributed by atoms with van der Waals surface area (Å²) in [6.07, 6.45) is 7.79. The molecule has 2 nitrogen and oxygen atoms in total. The monoisotopic (exact) mass is 394 g/mol. The van der Waals surface area contributed by atoms with Gasteiger partial charge in [-0.25, -0.2) is 0 Å². The van der Waals surface area contributed by atoms with Gasteiger partial charge in [0.1, 0.15) is 5.75 Å². The Morgan fingerprint density at radius 2 is 1.86 bits per heavy atom. The zero-order chi connectivity index (χ0) is 19.1. The molecule has 0 heterocycles. The number of phenolic OH excluding ortho intramolecular Hbond substituents is 1. The molecule has 2 saturated carbocycles. The lowest BCUT2D eigenvalue weighted by molar-refractivity contribution is -0.0386. The van der Waals surface area contributed by atoms with Gasteiger partial charge in [-0.05, 0) is 104 Å². The van der Waals surface area contributed by atoms with E-state index in [0.717, 1.165) is 31.4 Å². The van der Waals surface area contributed by atoms with Gasteiger partial charge in [-0.3, -0.25) is 0 Å². The zero-order valence-corrected chi connectivity index (χ0v) is 17.2. The van der Waals surface area contributed by atoms with E-state index in [0.29, 0.717) is 23.5 Å². The number of phenols is 1. The van der Waals surface area contributed by atoms with Gasteiger partial charge in [-0.1, -0.05) is 24.3 Å². The number of aryl methyl sites for hydroxylation is 1. The quantitative estimate of drug-likeness (QED) is 0.647. The molecule has 148 valence electrons. The first-order chi connectivity index (χ1) is 13.7. The van der Waals surface area contributed by atoms with Crippen molar-refractivity contribution in [2.45, 2.75) is 61.9 Å². The van der Waals surface area contributed by atoms with Crippen molar-refractivity contribution in [3.63, 3.8) is 0 Å². The summed E-state index contributed by atoms with van der Waals surface area (Å²) in [5.41, 5.74) is 2.95. The number of hydrogen-bond acceptors (Lipinski definition) is 3. The van der Waals surface area contributed by atoms with Crippen molar-refractivity contribution in [3.05, 3.63) is 59.7 Å². The fourth-order valence-electron chi connectivity index (χ4n) is 6.70. The van der Waals surface area contributed by atoms with Crippen molar-refractivity contribution >= 4 is 11.8 Å². The molecule has 3 aliphatic carbocycles. The van der Waals surface area contributed by atoms with Crippen LogP contribution in [0.5, 0.6) is 5.75 Å². The first-order valence-electron chi connectivity index (χ1n) is 10.8. The molecule has 0 spiro atoms. The van der Waals surface area contributed by atoms with Crippen molar-refractivity contribution < 1.29 is 10.2 Å². The van der Waals surface area contributed by atoms with Crippen LogP contribution in [0.3, 0.4) is 0 Å². The van der Waals surface area contributed by atoms with E-state index in [1.165, 1.54) is 35.3 Å². The molecule has 0 bridgehead atoms. The van der Waals surface area contributed by atoms with Crippen LogP contribution in [0.15, 0.2) is 53.4 Å². The van der Waals surface area contributed by atoms with Gasteiger partial charge in [0.15, 0.2) is 0 Å². The van der Waals surface area contributed by atoms with Gasteiger partial charge in [-0.2, -0.15) is 0 Å². The van der Waals surface area contributed by atoms with Crippen LogP contribution in [0.1, 0.15) is 55.6 Å². The van der Waals surface area contributed by atoms with Crippen LogP contribution in [0.25, 0.3) is 0 Å². The first-order valence-corrected chi connectivity index (χ1v) is 11.8. The highest BCUT2D eigenvalue weighted by molar-refractivity contribution is 7.99. The SMILES string of the molecule is Oc1ccc2c(c1)CC[C@@H]1[C@@H]2CC[C@]2(CCSc3ccccc3)C(O)CC[C@@H]12. The van der Waals surface area contributed by atoms with Crippen molar-refractivity contribution in [1.82, 2.24) is 0 Å². The lowest BCUT2D eigenvalue weighted by Crippen LogP contribution is -2.46. The van der Waals surface area contributed by atoms with Gasteiger partial charge in [0, 0.05) is 10.3 Å². The van der Waals surface area contributed by atoms with Crippen LogP contribution in [-0.2, 0) is 6.42 Å². The minimum atomic E-state index is -0.129. The fraction of sp³-hybridized carbons (Fsp3) is 0.520. The van der Waals surface area contributed by atoms with Crippen LogP contribution in [-0.4, -0.2) is 22.1 Å². The molecule has 3 aliphatic rings. The summed E-state index contributed by atoms with van der Waals surface area (Å²) in [5.74, 6) is 3.47. The first kappa shape index (κ1) is 18.6. The maximum atomic E-state index is 11.1. The van der Waals surface area contributed by atoms with E-state index in [1.54, 1.807) is 0 Å². The van der Waals surface area contributed by atoms with Gasteiger partial charge >= 0.3 is 0 Å². The lowest BCUT2D eigenvalue weighted by Gasteiger charge is -2.51. The molecule has 0 aromatic heterocycles. The second-order valence-electron chi connectivity index (χ2n) is 9.08. The smallest absolute Gasteiger partial charge is 0.115 e. The Balaban J connectivity index is 1.36. The molecular weight excluding hydrogens is 364 g/mol. The topological polar surface area (TPSA) is 40.5 Å². The second kappa shape index (κ2) is 7.42. The van der Waals surface area contributed by atoms with E-state index >= 15 is 0 Å². The third-order valence-electron chi connectivity index (χ3n) is 7.96. The molecule has 0 amide bonds. The minimum absolute atomic E-state index is 0.122. The van der Waals surface area contributed by atoms with Gasteiger partial charge in [-0.15, -0.1) is 11.8 Å². The summed E-state index contributed by atoms with van der Waals surface area (Å²) < 4.78 is 0. The molecule has 2 N–H and O–H groups in total. The molecule has 2 aromatic carbocycles. The number of fused-ring (bicyclic) bond motifs is 5. The van der Waals surface area contributed by atoms with E-state index in [4.69, 9.17) is 0 Å². The van der Waals surface area contributed by atoms with E-state index in [2.05, 4.69) is 36.4 Å². The average Bonchev–Trinajstić information content (AvgIpc) is 3.05. The Morgan fingerprint density at radius 3 is 2.71 bits per heavy atom. The zero-order valence-electron chi connectivity index (χ0n) is 16.4. The van der Waals surface area contributed by atoms with E-state index in [1.807, 2.05) is 23.9 Å². The van der Waals surface area contributed by atoms with E-state index < -0.39 is 0 Å². The average molecular weight is 395 g/mol. The Labute approximate surface area is 172 Å². The number of aliphatic hydroxyl groups is 1. The normalized spacial score (nSPS) is 33.8. The van der Waals surface area contributed by atoms with Gasteiger partial charge in [0.05, 0.1) is 6.10 Å². The van der Waals surface area contributed by atoms with E-state index in [9.17, 15) is 10.2 Å². The number of aliphatic hydroxyl groups excluding tert-OH is 1. The number of thioether (sulfide) groups is 1. The fourth-order valence-corrected chi connectivity index (χ4v) is 7.77. The Hall–Kier alpha value is -1.45. The molecule has 28 heavy (non-hydrogen) atoms. The molecule has 1 unspecified atom stereocenters. The van der Waals surface area contributed by atoms with Gasteiger partial charge in [0.25, 0.3) is 0 Å². The number of aromatic hydroxyl groups is 1. The summed E-state index contributed by atoms with van der Waals surface area (Å²) in [4.78, 5) is 1.34. The Kier molecular flexibility index (Phi) is 4.92. The molecule has 0 radical (unpaired) electrons. The van der Waals surface area contributed by atoms with Crippen molar-refractivity contribution in [1.29, 1.82) is 0 Å². The predicted octanol–water partition coefficient (Wildman–Crippen LogP) is 5.77. The highest BCUT2D eigenvalue weighted by Crippen LogP contribution is 2.62. The minimum Gasteiger partial charge on any atom is -0.508 e. The molecule has 5 rings (SSSR count). The number of hydrogen-bond donors (Lipinski definition) is 2. The molecule has 3 heteroatoms. The maximum Gasteiger partial charge on any atom is 0.115 e. The summed E-state index contributed by atoms with van der Waals surface area (Å²) in [7, 11) is 0. The van der Waals surface area contributed by atoms with E-state index in [-0.39, 0.29) is 11.5 Å². The Morgan fingerprint density at radius 1 is 1.00 bits per heavy atom. The number of rotatable bonds is 4. The summed E-state index contributed by atoms with van der Waals surface area (Å²) in [6, 6.07) is 16.7. The second-order valence-corrected chi connectivity index (χ2v) is 10.2. The largest absolute Gasteiger partial charge is 0.508 e. The van der Waals surface area contributed by atoms with Crippen LogP contribution >= 0.6 is 11.8 Å². The molecule has 2 aromatic rings. The molecule has 5 atom stereocenters.